The van der Waals surface area contributed by atoms with E-state index in [0.717, 1.165) is 37.1 Å². The third-order valence-electron chi connectivity index (χ3n) is 5.55. The average molecular weight is 382 g/mol. The van der Waals surface area contributed by atoms with Crippen LogP contribution in [0, 0.1) is 5.92 Å². The number of carbonyl (C=O) groups excluding carboxylic acids is 1. The number of methoxy groups -OCH3 is 1. The van der Waals surface area contributed by atoms with Crippen molar-refractivity contribution in [2.45, 2.75) is 51.7 Å². The van der Waals surface area contributed by atoms with Gasteiger partial charge in [-0.25, -0.2) is 4.79 Å². The minimum absolute atomic E-state index is 0.118. The Kier molecular flexibility index (Phi) is 6.93. The van der Waals surface area contributed by atoms with Crippen LogP contribution < -0.4 is 20.7 Å². The van der Waals surface area contributed by atoms with E-state index >= 15 is 0 Å². The van der Waals surface area contributed by atoms with Gasteiger partial charge in [0.15, 0.2) is 0 Å². The maximum Gasteiger partial charge on any atom is 0.320 e. The summed E-state index contributed by atoms with van der Waals surface area (Å²) in [6.07, 6.45) is 4.13. The maximum atomic E-state index is 12.2. The van der Waals surface area contributed by atoms with Crippen molar-refractivity contribution in [2.75, 3.05) is 12.4 Å². The molecule has 5 nitrogen and oxygen atoms in total. The highest BCUT2D eigenvalue weighted by molar-refractivity contribution is 5.89. The van der Waals surface area contributed by atoms with Crippen molar-refractivity contribution in [3.8, 4) is 5.75 Å². The van der Waals surface area contributed by atoms with Gasteiger partial charge in [-0.2, -0.15) is 0 Å². The Morgan fingerprint density at radius 1 is 1.18 bits per heavy atom. The summed E-state index contributed by atoms with van der Waals surface area (Å²) < 4.78 is 5.58. The molecule has 3 rings (SSSR count). The number of hydrogen-bond acceptors (Lipinski definition) is 3. The summed E-state index contributed by atoms with van der Waals surface area (Å²) in [6.45, 7) is 4.19. The Morgan fingerprint density at radius 3 is 2.68 bits per heavy atom. The van der Waals surface area contributed by atoms with E-state index in [-0.39, 0.29) is 12.2 Å². The van der Waals surface area contributed by atoms with E-state index in [4.69, 9.17) is 4.74 Å². The topological polar surface area (TPSA) is 62.4 Å². The molecule has 2 amide bonds. The van der Waals surface area contributed by atoms with Crippen LogP contribution in [0.2, 0.25) is 0 Å². The lowest BCUT2D eigenvalue weighted by Crippen LogP contribution is -2.51. The fourth-order valence-electron chi connectivity index (χ4n) is 4.15. The molecular weight excluding hydrogens is 350 g/mol. The lowest BCUT2D eigenvalue weighted by Gasteiger charge is -2.34. The summed E-state index contributed by atoms with van der Waals surface area (Å²) in [5.41, 5.74) is 3.53. The molecule has 2 aromatic rings. The van der Waals surface area contributed by atoms with Crippen LogP contribution in [-0.2, 0) is 12.8 Å². The van der Waals surface area contributed by atoms with Crippen molar-refractivity contribution in [3.05, 3.63) is 59.7 Å². The standard InChI is InChI=1S/C23H31N3O2/c1-4-21(18-14-13-17-9-8-12-22(28-3)20(17)15-18)24-16(2)25-23(27)26-19-10-6-5-7-11-19/h5-12,16,18,21,24H,4,13-15H2,1-3H3,(H2,25,26,27). The van der Waals surface area contributed by atoms with Crippen LogP contribution in [-0.4, -0.2) is 25.3 Å². The zero-order chi connectivity index (χ0) is 19.9. The van der Waals surface area contributed by atoms with E-state index in [1.54, 1.807) is 7.11 Å². The van der Waals surface area contributed by atoms with Crippen molar-refractivity contribution in [1.82, 2.24) is 10.6 Å². The van der Waals surface area contributed by atoms with Crippen LogP contribution in [0.1, 0.15) is 37.8 Å². The van der Waals surface area contributed by atoms with E-state index in [1.807, 2.05) is 43.3 Å². The van der Waals surface area contributed by atoms with E-state index in [2.05, 4.69) is 35.0 Å². The number of urea groups is 1. The van der Waals surface area contributed by atoms with Gasteiger partial charge < -0.3 is 15.4 Å². The third kappa shape index (κ3) is 5.04. The molecule has 0 heterocycles. The molecular formula is C23H31N3O2. The maximum absolute atomic E-state index is 12.2. The Labute approximate surface area is 167 Å². The largest absolute Gasteiger partial charge is 0.496 e. The lowest BCUT2D eigenvalue weighted by atomic mass is 9.79. The molecule has 0 saturated carbocycles. The molecule has 3 unspecified atom stereocenters. The number of ether oxygens (including phenoxy) is 1. The molecule has 0 bridgehead atoms. The van der Waals surface area contributed by atoms with Gasteiger partial charge >= 0.3 is 6.03 Å². The Bertz CT molecular complexity index is 764. The van der Waals surface area contributed by atoms with Crippen LogP contribution in [0.3, 0.4) is 0 Å². The van der Waals surface area contributed by atoms with E-state index in [9.17, 15) is 4.79 Å². The summed E-state index contributed by atoms with van der Waals surface area (Å²) >= 11 is 0. The van der Waals surface area contributed by atoms with Gasteiger partial charge in [-0.05, 0) is 67.9 Å². The summed E-state index contributed by atoms with van der Waals surface area (Å²) in [6, 6.07) is 16.0. The quantitative estimate of drug-likeness (QED) is 0.625. The van der Waals surface area contributed by atoms with Gasteiger partial charge in [-0.1, -0.05) is 37.3 Å². The van der Waals surface area contributed by atoms with Crippen molar-refractivity contribution in [3.63, 3.8) is 0 Å². The molecule has 0 radical (unpaired) electrons. The smallest absolute Gasteiger partial charge is 0.320 e. The van der Waals surface area contributed by atoms with Gasteiger partial charge in [0.1, 0.15) is 5.75 Å². The summed E-state index contributed by atoms with van der Waals surface area (Å²) in [7, 11) is 1.74. The number of rotatable bonds is 7. The zero-order valence-corrected chi connectivity index (χ0v) is 17.0. The van der Waals surface area contributed by atoms with Gasteiger partial charge in [-0.3, -0.25) is 5.32 Å². The zero-order valence-electron chi connectivity index (χ0n) is 17.0. The summed E-state index contributed by atoms with van der Waals surface area (Å²) in [4.78, 5) is 12.2. The molecule has 0 aliphatic heterocycles. The number of amides is 2. The minimum atomic E-state index is -0.197. The fraction of sp³-hybridized carbons (Fsp3) is 0.435. The molecule has 28 heavy (non-hydrogen) atoms. The first-order chi connectivity index (χ1) is 13.6. The van der Waals surface area contributed by atoms with Gasteiger partial charge in [-0.15, -0.1) is 0 Å². The highest BCUT2D eigenvalue weighted by Gasteiger charge is 2.28. The Morgan fingerprint density at radius 2 is 1.96 bits per heavy atom. The first-order valence-corrected chi connectivity index (χ1v) is 10.1. The predicted molar refractivity (Wildman–Crippen MR) is 114 cm³/mol. The van der Waals surface area contributed by atoms with E-state index in [1.165, 1.54) is 11.1 Å². The second-order valence-corrected chi connectivity index (χ2v) is 7.47. The normalized spacial score (nSPS) is 17.9. The first kappa shape index (κ1) is 20.2. The second-order valence-electron chi connectivity index (χ2n) is 7.47. The molecule has 150 valence electrons. The number of carbonyl (C=O) groups is 1. The summed E-state index contributed by atoms with van der Waals surface area (Å²) in [5.74, 6) is 1.51. The predicted octanol–water partition coefficient (Wildman–Crippen LogP) is 4.34. The summed E-state index contributed by atoms with van der Waals surface area (Å²) in [5, 5.41) is 9.46. The molecule has 3 N–H and O–H groups in total. The van der Waals surface area contributed by atoms with Crippen LogP contribution in [0.4, 0.5) is 10.5 Å². The molecule has 3 atom stereocenters. The SMILES string of the molecule is CCC(NC(C)NC(=O)Nc1ccccc1)C1CCc2cccc(OC)c2C1. The lowest BCUT2D eigenvalue weighted by molar-refractivity contribution is 0.237. The number of benzene rings is 2. The number of nitrogens with one attached hydrogen (secondary N) is 3. The van der Waals surface area contributed by atoms with Crippen LogP contribution >= 0.6 is 0 Å². The molecule has 0 saturated heterocycles. The molecule has 1 aliphatic rings. The molecule has 2 aromatic carbocycles. The monoisotopic (exact) mass is 381 g/mol. The third-order valence-corrected chi connectivity index (χ3v) is 5.55. The van der Waals surface area contributed by atoms with E-state index < -0.39 is 0 Å². The van der Waals surface area contributed by atoms with Gasteiger partial charge in [0, 0.05) is 11.7 Å². The van der Waals surface area contributed by atoms with Crippen molar-refractivity contribution < 1.29 is 9.53 Å². The fourth-order valence-corrected chi connectivity index (χ4v) is 4.15. The Hall–Kier alpha value is -2.53. The number of anilines is 1. The molecule has 0 fully saturated rings. The minimum Gasteiger partial charge on any atom is -0.496 e. The molecule has 5 heteroatoms. The molecule has 0 spiro atoms. The number of hydrogen-bond donors (Lipinski definition) is 3. The van der Waals surface area contributed by atoms with Crippen molar-refractivity contribution >= 4 is 11.7 Å². The van der Waals surface area contributed by atoms with Crippen molar-refractivity contribution in [1.29, 1.82) is 0 Å². The van der Waals surface area contributed by atoms with Crippen LogP contribution in [0.15, 0.2) is 48.5 Å². The molecule has 0 aromatic heterocycles. The number of para-hydroxylation sites is 1. The van der Waals surface area contributed by atoms with Gasteiger partial charge in [0.2, 0.25) is 0 Å². The number of aryl methyl sites for hydroxylation is 1. The van der Waals surface area contributed by atoms with Crippen molar-refractivity contribution in [2.24, 2.45) is 5.92 Å². The van der Waals surface area contributed by atoms with E-state index in [0.29, 0.717) is 12.0 Å². The van der Waals surface area contributed by atoms with Crippen LogP contribution in [0.25, 0.3) is 0 Å². The Balaban J connectivity index is 1.57. The highest BCUT2D eigenvalue weighted by atomic mass is 16.5. The first-order valence-electron chi connectivity index (χ1n) is 10.1. The number of fused-ring (bicyclic) bond motifs is 1. The van der Waals surface area contributed by atoms with Gasteiger partial charge in [0.25, 0.3) is 0 Å². The van der Waals surface area contributed by atoms with Crippen LogP contribution in [0.5, 0.6) is 5.75 Å². The van der Waals surface area contributed by atoms with Gasteiger partial charge in [0.05, 0.1) is 13.3 Å². The molecule has 1 aliphatic carbocycles. The average Bonchev–Trinajstić information content (AvgIpc) is 2.71. The highest BCUT2D eigenvalue weighted by Crippen LogP contribution is 2.34. The second kappa shape index (κ2) is 9.60.